The van der Waals surface area contributed by atoms with E-state index >= 15 is 0 Å². The zero-order valence-electron chi connectivity index (χ0n) is 4.65. The van der Waals surface area contributed by atoms with Crippen LogP contribution in [-0.2, 0) is 5.11 Å². The summed E-state index contributed by atoms with van der Waals surface area (Å²) in [6.07, 6.45) is 0. The van der Waals surface area contributed by atoms with Crippen LogP contribution >= 0.6 is 11.6 Å². The molecule has 0 fully saturated rings. The smallest absolute Gasteiger partial charge is 0.0988 e. The fraction of sp³-hybridized carbons (Fsp3) is 1.00. The quantitative estimate of drug-likeness (QED) is 0.496. The van der Waals surface area contributed by atoms with Gasteiger partial charge in [0, 0.05) is 0 Å². The second-order valence-corrected chi connectivity index (χ2v) is 2.49. The molecule has 0 saturated heterocycles. The van der Waals surface area contributed by atoms with Gasteiger partial charge in [-0.1, -0.05) is 13.8 Å². The average Bonchev–Trinajstić information content (AvgIpc) is 1.65. The van der Waals surface area contributed by atoms with Crippen LogP contribution in [0.3, 0.4) is 0 Å². The van der Waals surface area contributed by atoms with E-state index < -0.39 is 0 Å². The Kier molecular flexibility index (Phi) is 3.39. The Morgan fingerprint density at radius 3 is 2.00 bits per heavy atom. The fourth-order valence-electron chi connectivity index (χ4n) is 0.192. The molecule has 1 radical (unpaired) electrons. The average molecular weight is 122 g/mol. The molecule has 0 heterocycles. The van der Waals surface area contributed by atoms with Crippen LogP contribution in [-0.4, -0.2) is 12.0 Å². The maximum absolute atomic E-state index is 9.94. The predicted molar refractivity (Wildman–Crippen MR) is 30.0 cm³/mol. The molecule has 0 spiro atoms. The summed E-state index contributed by atoms with van der Waals surface area (Å²) in [6.45, 7) is 3.71. The van der Waals surface area contributed by atoms with Crippen LogP contribution in [0.1, 0.15) is 13.8 Å². The number of hydrogen-bond acceptors (Lipinski definition) is 0. The minimum Gasteiger partial charge on any atom is -0.235 e. The van der Waals surface area contributed by atoms with E-state index in [0.29, 0.717) is 5.92 Å². The Labute approximate surface area is 49.3 Å². The highest BCUT2D eigenvalue weighted by molar-refractivity contribution is 6.20. The monoisotopic (exact) mass is 121 g/mol. The van der Waals surface area contributed by atoms with Gasteiger partial charge in [0.25, 0.3) is 0 Å². The number of hydrogen-bond donors (Lipinski definition) is 0. The summed E-state index contributed by atoms with van der Waals surface area (Å²) in [7, 11) is 0. The first-order valence-corrected chi connectivity index (χ1v) is 2.84. The van der Waals surface area contributed by atoms with Gasteiger partial charge in [-0.3, -0.25) is 0 Å². The highest BCUT2D eigenvalue weighted by Crippen LogP contribution is 2.06. The molecule has 43 valence electrons. The molecule has 0 N–H and O–H groups in total. The van der Waals surface area contributed by atoms with E-state index in [1.54, 1.807) is 0 Å². The first-order valence-electron chi connectivity index (χ1n) is 2.40. The fourth-order valence-corrected chi connectivity index (χ4v) is 0.192. The lowest BCUT2D eigenvalue weighted by Gasteiger charge is -2.05. The lowest BCUT2D eigenvalue weighted by molar-refractivity contribution is 0.180. The summed E-state index contributed by atoms with van der Waals surface area (Å²) in [6, 6.07) is 0. The van der Waals surface area contributed by atoms with Crippen molar-refractivity contribution in [3.8, 4) is 0 Å². The molecule has 2 heteroatoms. The van der Waals surface area contributed by atoms with E-state index in [1.165, 1.54) is 0 Å². The third kappa shape index (κ3) is 2.89. The molecule has 0 aromatic heterocycles. The lowest BCUT2D eigenvalue weighted by atomic mass is 10.1. The van der Waals surface area contributed by atoms with Crippen molar-refractivity contribution in [3.63, 3.8) is 0 Å². The van der Waals surface area contributed by atoms with Gasteiger partial charge in [0.05, 0.1) is 12.0 Å². The third-order valence-electron chi connectivity index (χ3n) is 0.883. The first kappa shape index (κ1) is 7.25. The van der Waals surface area contributed by atoms with Crippen molar-refractivity contribution in [2.75, 3.05) is 6.61 Å². The molecule has 1 atom stereocenters. The molecule has 0 aromatic rings. The molecule has 1 unspecified atom stereocenters. The highest BCUT2D eigenvalue weighted by atomic mass is 35.5. The molecule has 0 rings (SSSR count). The molecule has 0 saturated carbocycles. The van der Waals surface area contributed by atoms with Crippen molar-refractivity contribution < 1.29 is 5.11 Å². The molecular formula is C5H10ClO. The molecule has 0 amide bonds. The maximum atomic E-state index is 9.94. The van der Waals surface area contributed by atoms with Crippen LogP contribution in [0.5, 0.6) is 0 Å². The van der Waals surface area contributed by atoms with Gasteiger partial charge in [0.2, 0.25) is 0 Å². The minimum atomic E-state index is -0.181. The van der Waals surface area contributed by atoms with Crippen LogP contribution in [0.4, 0.5) is 0 Å². The standard InChI is InChI=1S/C5H10ClO/c1-4(2)5(6)3-7/h4-5H,3H2,1-2H3. The van der Waals surface area contributed by atoms with Gasteiger partial charge in [0.15, 0.2) is 0 Å². The Morgan fingerprint density at radius 2 is 2.00 bits per heavy atom. The Balaban J connectivity index is 3.14. The van der Waals surface area contributed by atoms with E-state index in [1.807, 2.05) is 13.8 Å². The molecule has 0 bridgehead atoms. The van der Waals surface area contributed by atoms with Crippen LogP contribution in [0.25, 0.3) is 0 Å². The number of alkyl halides is 1. The SMILES string of the molecule is CC(C)C(Cl)C[O]. The van der Waals surface area contributed by atoms with E-state index in [0.717, 1.165) is 0 Å². The van der Waals surface area contributed by atoms with Crippen molar-refractivity contribution in [1.82, 2.24) is 0 Å². The van der Waals surface area contributed by atoms with Gasteiger partial charge in [0.1, 0.15) is 0 Å². The second kappa shape index (κ2) is 3.28. The zero-order chi connectivity index (χ0) is 5.86. The number of halogens is 1. The summed E-state index contributed by atoms with van der Waals surface area (Å²) < 4.78 is 0. The van der Waals surface area contributed by atoms with Gasteiger partial charge in [-0.25, -0.2) is 5.11 Å². The van der Waals surface area contributed by atoms with Gasteiger partial charge in [-0.2, -0.15) is 0 Å². The molecule has 7 heavy (non-hydrogen) atoms. The molecule has 0 aromatic carbocycles. The third-order valence-corrected chi connectivity index (χ3v) is 1.51. The van der Waals surface area contributed by atoms with Gasteiger partial charge >= 0.3 is 0 Å². The van der Waals surface area contributed by atoms with E-state index in [-0.39, 0.29) is 12.0 Å². The molecule has 0 aliphatic rings. The van der Waals surface area contributed by atoms with Gasteiger partial charge < -0.3 is 0 Å². The second-order valence-electron chi connectivity index (χ2n) is 1.93. The van der Waals surface area contributed by atoms with E-state index in [2.05, 4.69) is 0 Å². The van der Waals surface area contributed by atoms with E-state index in [4.69, 9.17) is 11.6 Å². The lowest BCUT2D eigenvalue weighted by Crippen LogP contribution is -2.10. The van der Waals surface area contributed by atoms with Crippen molar-refractivity contribution in [3.05, 3.63) is 0 Å². The summed E-state index contributed by atoms with van der Waals surface area (Å²) in [5.41, 5.74) is 0. The van der Waals surface area contributed by atoms with Gasteiger partial charge in [-0.15, -0.1) is 11.6 Å². The number of rotatable bonds is 2. The Hall–Kier alpha value is 0.250. The summed E-state index contributed by atoms with van der Waals surface area (Å²) in [5.74, 6) is 0.319. The summed E-state index contributed by atoms with van der Waals surface area (Å²) >= 11 is 5.49. The predicted octanol–water partition coefficient (Wildman–Crippen LogP) is 1.68. The summed E-state index contributed by atoms with van der Waals surface area (Å²) in [5, 5.41) is 9.76. The van der Waals surface area contributed by atoms with Gasteiger partial charge in [-0.05, 0) is 5.92 Å². The highest BCUT2D eigenvalue weighted by Gasteiger charge is 2.06. The van der Waals surface area contributed by atoms with Crippen LogP contribution in [0.15, 0.2) is 0 Å². The zero-order valence-corrected chi connectivity index (χ0v) is 5.40. The molecule has 0 aliphatic heterocycles. The Morgan fingerprint density at radius 1 is 1.57 bits per heavy atom. The van der Waals surface area contributed by atoms with Crippen molar-refractivity contribution in [2.24, 2.45) is 5.92 Å². The molecular weight excluding hydrogens is 112 g/mol. The Bertz CT molecular complexity index is 45.3. The van der Waals surface area contributed by atoms with Crippen molar-refractivity contribution in [2.45, 2.75) is 19.2 Å². The van der Waals surface area contributed by atoms with Crippen LogP contribution in [0, 0.1) is 5.92 Å². The van der Waals surface area contributed by atoms with E-state index in [9.17, 15) is 5.11 Å². The minimum absolute atomic E-state index is 0.167. The molecule has 1 nitrogen and oxygen atoms in total. The largest absolute Gasteiger partial charge is 0.235 e. The first-order chi connectivity index (χ1) is 3.18. The normalized spacial score (nSPS) is 15.0. The topological polar surface area (TPSA) is 19.9 Å². The van der Waals surface area contributed by atoms with Crippen molar-refractivity contribution >= 4 is 11.6 Å². The maximum Gasteiger partial charge on any atom is 0.0988 e. The summed E-state index contributed by atoms with van der Waals surface area (Å²) in [4.78, 5) is 0. The van der Waals surface area contributed by atoms with Crippen molar-refractivity contribution in [1.29, 1.82) is 0 Å². The molecule has 0 aliphatic carbocycles. The van der Waals surface area contributed by atoms with Crippen LogP contribution < -0.4 is 0 Å². The van der Waals surface area contributed by atoms with Crippen LogP contribution in [0.2, 0.25) is 0 Å².